The summed E-state index contributed by atoms with van der Waals surface area (Å²) in [4.78, 5) is 50.6. The highest BCUT2D eigenvalue weighted by Crippen LogP contribution is 2.26. The maximum absolute atomic E-state index is 13.0. The lowest BCUT2D eigenvalue weighted by Gasteiger charge is -2.24. The second-order valence-electron chi connectivity index (χ2n) is 9.73. The SMILES string of the molecule is CCOC(O)/C=C/[C@H](CC1CCCC1=O)NC(=O)[C@H](C)CC(=O)[C@@H](NC(=O)c1cc(C)on1)C(C)C. The summed E-state index contributed by atoms with van der Waals surface area (Å²) in [5, 5.41) is 19.1. The number of nitrogens with zero attached hydrogens (tertiary/aromatic N) is 1. The number of ether oxygens (including phenoxy) is 1. The molecule has 0 aliphatic heterocycles. The van der Waals surface area contributed by atoms with Gasteiger partial charge in [-0.3, -0.25) is 19.2 Å². The van der Waals surface area contributed by atoms with Crippen molar-refractivity contribution >= 4 is 23.4 Å². The minimum Gasteiger partial charge on any atom is -0.365 e. The summed E-state index contributed by atoms with van der Waals surface area (Å²) >= 11 is 0. The number of rotatable bonds is 14. The Balaban J connectivity index is 2.02. The van der Waals surface area contributed by atoms with Gasteiger partial charge >= 0.3 is 0 Å². The lowest BCUT2D eigenvalue weighted by atomic mass is 9.92. The van der Waals surface area contributed by atoms with Crippen molar-refractivity contribution in [3.05, 3.63) is 29.7 Å². The number of hydrogen-bond donors (Lipinski definition) is 3. The minimum absolute atomic E-state index is 0.0762. The Bertz CT molecular complexity index is 940. The molecule has 36 heavy (non-hydrogen) atoms. The van der Waals surface area contributed by atoms with Gasteiger partial charge in [-0.25, -0.2) is 0 Å². The van der Waals surface area contributed by atoms with Crippen LogP contribution in [-0.2, 0) is 19.1 Å². The molecule has 3 N–H and O–H groups in total. The van der Waals surface area contributed by atoms with Crippen LogP contribution >= 0.6 is 0 Å². The summed E-state index contributed by atoms with van der Waals surface area (Å²) in [5.74, 6) is -1.51. The molecule has 1 heterocycles. The molecule has 5 atom stereocenters. The summed E-state index contributed by atoms with van der Waals surface area (Å²) in [6.45, 7) is 9.01. The topological polar surface area (TPSA) is 148 Å². The maximum Gasteiger partial charge on any atom is 0.274 e. The van der Waals surface area contributed by atoms with Crippen molar-refractivity contribution in [3.8, 4) is 0 Å². The number of aliphatic hydroxyl groups is 1. The van der Waals surface area contributed by atoms with Crippen molar-refractivity contribution < 1.29 is 33.5 Å². The fourth-order valence-corrected chi connectivity index (χ4v) is 4.24. The first kappa shape index (κ1) is 29.4. The normalized spacial score (nSPS) is 19.3. The van der Waals surface area contributed by atoms with Crippen LogP contribution in [0.2, 0.25) is 0 Å². The van der Waals surface area contributed by atoms with E-state index in [4.69, 9.17) is 9.26 Å². The highest BCUT2D eigenvalue weighted by molar-refractivity contribution is 5.97. The summed E-state index contributed by atoms with van der Waals surface area (Å²) < 4.78 is 10.0. The molecular weight excluding hydrogens is 466 g/mol. The Labute approximate surface area is 212 Å². The van der Waals surface area contributed by atoms with Gasteiger partial charge in [0.2, 0.25) is 5.91 Å². The van der Waals surface area contributed by atoms with E-state index in [1.807, 2.05) is 13.8 Å². The Morgan fingerprint density at radius 2 is 1.97 bits per heavy atom. The molecule has 2 amide bonds. The van der Waals surface area contributed by atoms with Crippen molar-refractivity contribution in [2.75, 3.05) is 6.61 Å². The van der Waals surface area contributed by atoms with Gasteiger partial charge in [0.15, 0.2) is 17.8 Å². The molecule has 0 spiro atoms. The number of hydrogen-bond acceptors (Lipinski definition) is 8. The van der Waals surface area contributed by atoms with Gasteiger partial charge in [-0.05, 0) is 45.1 Å². The van der Waals surface area contributed by atoms with Crippen LogP contribution in [0.3, 0.4) is 0 Å². The average Bonchev–Trinajstić information content (AvgIpc) is 3.43. The van der Waals surface area contributed by atoms with E-state index in [2.05, 4.69) is 15.8 Å². The minimum atomic E-state index is -1.11. The Hall–Kier alpha value is -2.85. The number of nitrogens with one attached hydrogen (secondary N) is 2. The smallest absolute Gasteiger partial charge is 0.274 e. The van der Waals surface area contributed by atoms with Crippen LogP contribution in [0.15, 0.2) is 22.7 Å². The molecule has 1 saturated carbocycles. The Morgan fingerprint density at radius 3 is 2.53 bits per heavy atom. The van der Waals surface area contributed by atoms with Crippen molar-refractivity contribution in [2.24, 2.45) is 17.8 Å². The van der Waals surface area contributed by atoms with E-state index in [9.17, 15) is 24.3 Å². The van der Waals surface area contributed by atoms with Gasteiger partial charge in [0.05, 0.1) is 6.04 Å². The molecule has 1 aliphatic carbocycles. The fraction of sp³-hybridized carbons (Fsp3) is 0.654. The molecule has 0 radical (unpaired) electrons. The van der Waals surface area contributed by atoms with Crippen molar-refractivity contribution in [1.82, 2.24) is 15.8 Å². The first-order valence-electron chi connectivity index (χ1n) is 12.6. The van der Waals surface area contributed by atoms with Gasteiger partial charge in [0.1, 0.15) is 11.5 Å². The van der Waals surface area contributed by atoms with Crippen LogP contribution in [-0.4, -0.2) is 58.6 Å². The van der Waals surface area contributed by atoms with E-state index in [0.29, 0.717) is 25.2 Å². The summed E-state index contributed by atoms with van der Waals surface area (Å²) in [6.07, 6.45) is 4.44. The summed E-state index contributed by atoms with van der Waals surface area (Å²) in [7, 11) is 0. The van der Waals surface area contributed by atoms with Gasteiger partial charge in [0.25, 0.3) is 5.91 Å². The van der Waals surface area contributed by atoms with Crippen LogP contribution in [0.4, 0.5) is 0 Å². The highest BCUT2D eigenvalue weighted by Gasteiger charge is 2.31. The molecular formula is C26H39N3O7. The molecule has 1 aromatic rings. The standard InChI is InChI=1S/C26H39N3O7/c1-6-35-23(32)11-10-19(14-18-8-7-9-21(18)30)27-25(33)16(4)12-22(31)24(15(2)3)28-26(34)20-13-17(5)36-29-20/h10-11,13,15-16,18-19,23-24,32H,6-9,12,14H2,1-5H3,(H,27,33)(H,28,34)/b11-10+/t16-,18?,19-,23?,24+/m1/s1. The van der Waals surface area contributed by atoms with Crippen LogP contribution in [0.1, 0.15) is 76.0 Å². The number of Topliss-reactive ketones (excluding diaryl/α,β-unsaturated/α-hetero) is 2. The van der Waals surface area contributed by atoms with Gasteiger partial charge < -0.3 is 25.0 Å². The molecule has 0 aromatic carbocycles. The van der Waals surface area contributed by atoms with Crippen LogP contribution in [0.25, 0.3) is 0 Å². The van der Waals surface area contributed by atoms with Crippen molar-refractivity contribution in [3.63, 3.8) is 0 Å². The average molecular weight is 506 g/mol. The van der Waals surface area contributed by atoms with Crippen LogP contribution < -0.4 is 10.6 Å². The zero-order valence-corrected chi connectivity index (χ0v) is 21.8. The second kappa shape index (κ2) is 14.0. The van der Waals surface area contributed by atoms with E-state index < -0.39 is 30.2 Å². The van der Waals surface area contributed by atoms with Crippen molar-refractivity contribution in [2.45, 2.75) is 85.1 Å². The quantitative estimate of drug-likeness (QED) is 0.258. The molecule has 10 heteroatoms. The lowest BCUT2D eigenvalue weighted by Crippen LogP contribution is -2.46. The lowest BCUT2D eigenvalue weighted by molar-refractivity contribution is -0.130. The third-order valence-corrected chi connectivity index (χ3v) is 6.26. The Morgan fingerprint density at radius 1 is 1.25 bits per heavy atom. The molecule has 1 aliphatic rings. The zero-order chi connectivity index (χ0) is 26.8. The number of aliphatic hydroxyl groups excluding tert-OH is 1. The van der Waals surface area contributed by atoms with Gasteiger partial charge in [-0.1, -0.05) is 32.0 Å². The molecule has 0 saturated heterocycles. The largest absolute Gasteiger partial charge is 0.365 e. The number of ketones is 2. The third kappa shape index (κ3) is 8.98. The van der Waals surface area contributed by atoms with Gasteiger partial charge in [-0.2, -0.15) is 0 Å². The van der Waals surface area contributed by atoms with Gasteiger partial charge in [0, 0.05) is 43.4 Å². The number of aromatic nitrogens is 1. The number of amides is 2. The monoisotopic (exact) mass is 505 g/mol. The molecule has 1 aromatic heterocycles. The van der Waals surface area contributed by atoms with Crippen molar-refractivity contribution in [1.29, 1.82) is 0 Å². The molecule has 200 valence electrons. The number of carbonyl (C=O) groups excluding carboxylic acids is 4. The van der Waals surface area contributed by atoms with Gasteiger partial charge in [-0.15, -0.1) is 0 Å². The maximum atomic E-state index is 13.0. The molecule has 2 rings (SSSR count). The third-order valence-electron chi connectivity index (χ3n) is 6.26. The summed E-state index contributed by atoms with van der Waals surface area (Å²) in [5.41, 5.74) is 0.0853. The fourth-order valence-electron chi connectivity index (χ4n) is 4.24. The van der Waals surface area contributed by atoms with E-state index in [-0.39, 0.29) is 41.4 Å². The predicted molar refractivity (Wildman–Crippen MR) is 132 cm³/mol. The zero-order valence-electron chi connectivity index (χ0n) is 21.8. The van der Waals surface area contributed by atoms with E-state index in [0.717, 1.165) is 12.8 Å². The van der Waals surface area contributed by atoms with Crippen LogP contribution in [0, 0.1) is 24.7 Å². The number of carbonyl (C=O) groups is 4. The second-order valence-corrected chi connectivity index (χ2v) is 9.73. The predicted octanol–water partition coefficient (Wildman–Crippen LogP) is 2.49. The summed E-state index contributed by atoms with van der Waals surface area (Å²) in [6, 6.07) is 0.199. The number of aryl methyl sites for hydroxylation is 1. The first-order valence-corrected chi connectivity index (χ1v) is 12.6. The van der Waals surface area contributed by atoms with E-state index in [1.165, 1.54) is 12.1 Å². The molecule has 2 unspecified atom stereocenters. The molecule has 10 nitrogen and oxygen atoms in total. The van der Waals surface area contributed by atoms with E-state index >= 15 is 0 Å². The van der Waals surface area contributed by atoms with E-state index in [1.54, 1.807) is 26.8 Å². The first-order chi connectivity index (χ1) is 17.0. The highest BCUT2D eigenvalue weighted by atomic mass is 16.6. The Kier molecular flexibility index (Phi) is 11.5. The molecule has 0 bridgehead atoms. The molecule has 1 fully saturated rings. The van der Waals surface area contributed by atoms with Crippen LogP contribution in [0.5, 0.6) is 0 Å².